The molecule has 0 heterocycles. The summed E-state index contributed by atoms with van der Waals surface area (Å²) in [4.78, 5) is 11.8. The van der Waals surface area contributed by atoms with Gasteiger partial charge in [-0.15, -0.1) is 0 Å². The standard InChI is InChI=1S/C18H32N2O2/c1-17(2,3)22-16(21)20-15-8-6-14(7-9-15)19-12-18(10-11-18)13-4-5-13/h13-15,19H,4-12H2,1-3H3,(H,20,21). The third kappa shape index (κ3) is 4.37. The number of nitrogens with one attached hydrogen (secondary N) is 2. The highest BCUT2D eigenvalue weighted by molar-refractivity contribution is 5.68. The van der Waals surface area contributed by atoms with Gasteiger partial charge in [0.1, 0.15) is 5.60 Å². The lowest BCUT2D eigenvalue weighted by molar-refractivity contribution is 0.0489. The first-order valence-corrected chi connectivity index (χ1v) is 9.09. The van der Waals surface area contributed by atoms with Gasteiger partial charge in [-0.3, -0.25) is 0 Å². The first-order chi connectivity index (χ1) is 10.4. The minimum Gasteiger partial charge on any atom is -0.444 e. The molecule has 0 radical (unpaired) electrons. The first kappa shape index (κ1) is 16.1. The molecule has 0 aromatic carbocycles. The van der Waals surface area contributed by atoms with Crippen LogP contribution in [0.25, 0.3) is 0 Å². The van der Waals surface area contributed by atoms with Gasteiger partial charge in [-0.05, 0) is 83.5 Å². The van der Waals surface area contributed by atoms with Crippen LogP contribution in [-0.4, -0.2) is 30.3 Å². The van der Waals surface area contributed by atoms with Gasteiger partial charge in [-0.25, -0.2) is 4.79 Å². The van der Waals surface area contributed by atoms with E-state index in [-0.39, 0.29) is 12.1 Å². The summed E-state index contributed by atoms with van der Waals surface area (Å²) in [6.45, 7) is 6.94. The molecule has 1 amide bonds. The topological polar surface area (TPSA) is 50.4 Å². The van der Waals surface area contributed by atoms with E-state index in [4.69, 9.17) is 4.74 Å². The Labute approximate surface area is 134 Å². The van der Waals surface area contributed by atoms with Crippen LogP contribution in [0.1, 0.15) is 72.1 Å². The molecule has 3 aliphatic rings. The average Bonchev–Trinajstić information content (AvgIpc) is 3.28. The van der Waals surface area contributed by atoms with Crippen LogP contribution in [-0.2, 0) is 4.74 Å². The van der Waals surface area contributed by atoms with Crippen LogP contribution < -0.4 is 10.6 Å². The van der Waals surface area contributed by atoms with E-state index in [9.17, 15) is 4.79 Å². The molecule has 126 valence electrons. The van der Waals surface area contributed by atoms with E-state index >= 15 is 0 Å². The molecular formula is C18H32N2O2. The van der Waals surface area contributed by atoms with Gasteiger partial charge in [0.05, 0.1) is 0 Å². The van der Waals surface area contributed by atoms with Crippen molar-refractivity contribution in [3.63, 3.8) is 0 Å². The fourth-order valence-corrected chi connectivity index (χ4v) is 3.85. The number of hydrogen-bond donors (Lipinski definition) is 2. The van der Waals surface area contributed by atoms with E-state index in [0.29, 0.717) is 11.5 Å². The summed E-state index contributed by atoms with van der Waals surface area (Å²) >= 11 is 0. The molecule has 0 aromatic heterocycles. The van der Waals surface area contributed by atoms with Crippen molar-refractivity contribution in [2.75, 3.05) is 6.54 Å². The van der Waals surface area contributed by atoms with E-state index in [1.807, 2.05) is 20.8 Å². The SMILES string of the molecule is CC(C)(C)OC(=O)NC1CCC(NCC2(C3CC3)CC2)CC1. The van der Waals surface area contributed by atoms with Gasteiger partial charge in [0.25, 0.3) is 0 Å². The summed E-state index contributed by atoms with van der Waals surface area (Å²) in [5, 5.41) is 6.83. The van der Waals surface area contributed by atoms with Crippen molar-refractivity contribution in [3.05, 3.63) is 0 Å². The Morgan fingerprint density at radius 2 is 1.64 bits per heavy atom. The maximum atomic E-state index is 11.8. The Morgan fingerprint density at radius 1 is 1.05 bits per heavy atom. The van der Waals surface area contributed by atoms with E-state index in [1.165, 1.54) is 45.1 Å². The monoisotopic (exact) mass is 308 g/mol. The average molecular weight is 308 g/mol. The van der Waals surface area contributed by atoms with Crippen molar-refractivity contribution >= 4 is 6.09 Å². The van der Waals surface area contributed by atoms with Crippen molar-refractivity contribution in [1.29, 1.82) is 0 Å². The zero-order chi connectivity index (χ0) is 15.8. The maximum absolute atomic E-state index is 11.8. The predicted molar refractivity (Wildman–Crippen MR) is 87.8 cm³/mol. The molecule has 0 aromatic rings. The van der Waals surface area contributed by atoms with Crippen LogP contribution >= 0.6 is 0 Å². The first-order valence-electron chi connectivity index (χ1n) is 9.09. The fraction of sp³-hybridized carbons (Fsp3) is 0.944. The number of amides is 1. The number of rotatable bonds is 5. The molecule has 2 N–H and O–H groups in total. The smallest absolute Gasteiger partial charge is 0.407 e. The van der Waals surface area contributed by atoms with Gasteiger partial charge in [0.15, 0.2) is 0 Å². The molecule has 0 saturated heterocycles. The highest BCUT2D eigenvalue weighted by Crippen LogP contribution is 2.60. The second-order valence-corrected chi connectivity index (χ2v) is 8.71. The summed E-state index contributed by atoms with van der Waals surface area (Å²) < 4.78 is 5.34. The van der Waals surface area contributed by atoms with Crippen molar-refractivity contribution in [2.24, 2.45) is 11.3 Å². The minimum atomic E-state index is -0.412. The lowest BCUT2D eigenvalue weighted by atomic mass is 9.90. The number of alkyl carbamates (subject to hydrolysis) is 1. The molecule has 3 fully saturated rings. The Morgan fingerprint density at radius 3 is 2.14 bits per heavy atom. The Kier molecular flexibility index (Phi) is 4.41. The van der Waals surface area contributed by atoms with Crippen LogP contribution in [0.4, 0.5) is 4.79 Å². The van der Waals surface area contributed by atoms with Crippen molar-refractivity contribution in [2.45, 2.75) is 89.8 Å². The Balaban J connectivity index is 1.33. The van der Waals surface area contributed by atoms with E-state index < -0.39 is 5.60 Å². The van der Waals surface area contributed by atoms with Gasteiger partial charge >= 0.3 is 6.09 Å². The third-order valence-electron chi connectivity index (χ3n) is 5.53. The van der Waals surface area contributed by atoms with E-state index in [0.717, 1.165) is 18.8 Å². The van der Waals surface area contributed by atoms with Crippen LogP contribution in [0.3, 0.4) is 0 Å². The van der Waals surface area contributed by atoms with Gasteiger partial charge in [0, 0.05) is 18.6 Å². The molecule has 4 nitrogen and oxygen atoms in total. The second kappa shape index (κ2) is 6.03. The van der Waals surface area contributed by atoms with Gasteiger partial charge in [0.2, 0.25) is 0 Å². The molecule has 0 aliphatic heterocycles. The lowest BCUT2D eigenvalue weighted by Crippen LogP contribution is -2.44. The zero-order valence-electron chi connectivity index (χ0n) is 14.4. The van der Waals surface area contributed by atoms with Crippen molar-refractivity contribution in [1.82, 2.24) is 10.6 Å². The van der Waals surface area contributed by atoms with Crippen molar-refractivity contribution in [3.8, 4) is 0 Å². The number of hydrogen-bond acceptors (Lipinski definition) is 3. The molecule has 3 aliphatic carbocycles. The van der Waals surface area contributed by atoms with Crippen LogP contribution in [0.5, 0.6) is 0 Å². The van der Waals surface area contributed by atoms with Crippen LogP contribution in [0.15, 0.2) is 0 Å². The molecule has 0 unspecified atom stereocenters. The van der Waals surface area contributed by atoms with Crippen molar-refractivity contribution < 1.29 is 9.53 Å². The van der Waals surface area contributed by atoms with Crippen LogP contribution in [0, 0.1) is 11.3 Å². The fourth-order valence-electron chi connectivity index (χ4n) is 3.85. The largest absolute Gasteiger partial charge is 0.444 e. The summed E-state index contributed by atoms with van der Waals surface area (Å²) in [6.07, 6.45) is 10.0. The maximum Gasteiger partial charge on any atom is 0.407 e. The number of carbonyl (C=O) groups excluding carboxylic acids is 1. The Bertz CT molecular complexity index is 400. The third-order valence-corrected chi connectivity index (χ3v) is 5.53. The zero-order valence-corrected chi connectivity index (χ0v) is 14.4. The number of ether oxygens (including phenoxy) is 1. The summed E-state index contributed by atoms with van der Waals surface area (Å²) in [7, 11) is 0. The highest BCUT2D eigenvalue weighted by Gasteiger charge is 2.53. The van der Waals surface area contributed by atoms with E-state index in [2.05, 4.69) is 10.6 Å². The normalized spacial score (nSPS) is 30.7. The van der Waals surface area contributed by atoms with E-state index in [1.54, 1.807) is 0 Å². The molecular weight excluding hydrogens is 276 g/mol. The summed E-state index contributed by atoms with van der Waals surface area (Å²) in [5.74, 6) is 1.03. The Hall–Kier alpha value is -0.770. The summed E-state index contributed by atoms with van der Waals surface area (Å²) in [6, 6.07) is 0.930. The van der Waals surface area contributed by atoms with Gasteiger partial charge in [-0.2, -0.15) is 0 Å². The van der Waals surface area contributed by atoms with Gasteiger partial charge < -0.3 is 15.4 Å². The molecule has 3 saturated carbocycles. The molecule has 22 heavy (non-hydrogen) atoms. The molecule has 4 heteroatoms. The molecule has 0 bridgehead atoms. The quantitative estimate of drug-likeness (QED) is 0.816. The molecule has 3 rings (SSSR count). The molecule has 0 atom stereocenters. The number of carbonyl (C=O) groups is 1. The van der Waals surface area contributed by atoms with Gasteiger partial charge in [-0.1, -0.05) is 0 Å². The van der Waals surface area contributed by atoms with Crippen LogP contribution in [0.2, 0.25) is 0 Å². The lowest BCUT2D eigenvalue weighted by Gasteiger charge is -2.31. The predicted octanol–water partition coefficient (Wildman–Crippen LogP) is 3.60. The summed E-state index contributed by atoms with van der Waals surface area (Å²) in [5.41, 5.74) is 0.274. The minimum absolute atomic E-state index is 0.269. The molecule has 0 spiro atoms. The second-order valence-electron chi connectivity index (χ2n) is 8.71. The highest BCUT2D eigenvalue weighted by atomic mass is 16.6.